The molecule has 0 aromatic heterocycles. The molecule has 0 aliphatic carbocycles. The van der Waals surface area contributed by atoms with Crippen LogP contribution in [0.4, 0.5) is 0 Å². The average Bonchev–Trinajstić information content (AvgIpc) is 2.06. The molecule has 12 heavy (non-hydrogen) atoms. The number of hydrogen-bond acceptors (Lipinski definition) is 3. The molecule has 0 fully saturated rings. The van der Waals surface area contributed by atoms with Crippen LogP contribution in [-0.2, 0) is 9.53 Å². The van der Waals surface area contributed by atoms with Crippen LogP contribution in [0.3, 0.4) is 0 Å². The maximum absolute atomic E-state index is 10.9. The van der Waals surface area contributed by atoms with Crippen LogP contribution in [0.25, 0.3) is 0 Å². The molecule has 0 spiro atoms. The van der Waals surface area contributed by atoms with E-state index < -0.39 is 0 Å². The van der Waals surface area contributed by atoms with E-state index in [9.17, 15) is 4.79 Å². The van der Waals surface area contributed by atoms with Gasteiger partial charge in [0.15, 0.2) is 0 Å². The molecule has 72 valence electrons. The van der Waals surface area contributed by atoms with Gasteiger partial charge in [0.2, 0.25) is 5.91 Å². The molecule has 0 saturated heterocycles. The molecule has 0 aromatic carbocycles. The zero-order valence-corrected chi connectivity index (χ0v) is 7.51. The predicted molar refractivity (Wildman–Crippen MR) is 45.8 cm³/mol. The summed E-state index contributed by atoms with van der Waals surface area (Å²) in [4.78, 5) is 10.9. The van der Waals surface area contributed by atoms with E-state index in [2.05, 4.69) is 5.32 Å². The number of rotatable bonds is 7. The summed E-state index contributed by atoms with van der Waals surface area (Å²) in [6.07, 6.45) is 1.01. The highest BCUT2D eigenvalue weighted by Crippen LogP contribution is 1.83. The first kappa shape index (κ1) is 11.4. The Bertz CT molecular complexity index is 105. The van der Waals surface area contributed by atoms with Crippen molar-refractivity contribution in [1.82, 2.24) is 5.32 Å². The zero-order valence-electron chi connectivity index (χ0n) is 7.51. The van der Waals surface area contributed by atoms with Gasteiger partial charge in [0.1, 0.15) is 0 Å². The molecular formula is C8H17NO3. The van der Waals surface area contributed by atoms with Gasteiger partial charge < -0.3 is 15.2 Å². The molecule has 0 aliphatic rings. The molecule has 0 aliphatic heterocycles. The van der Waals surface area contributed by atoms with Crippen molar-refractivity contribution in [3.8, 4) is 0 Å². The zero-order chi connectivity index (χ0) is 9.23. The van der Waals surface area contributed by atoms with Crippen molar-refractivity contribution in [2.24, 2.45) is 0 Å². The topological polar surface area (TPSA) is 58.6 Å². The van der Waals surface area contributed by atoms with E-state index in [4.69, 9.17) is 9.84 Å². The summed E-state index contributed by atoms with van der Waals surface area (Å²) in [6.45, 7) is 3.67. The third kappa shape index (κ3) is 7.50. The third-order valence-electron chi connectivity index (χ3n) is 1.33. The lowest BCUT2D eigenvalue weighted by Crippen LogP contribution is -2.25. The minimum atomic E-state index is -0.0168. The second-order valence-corrected chi connectivity index (χ2v) is 2.37. The number of ether oxygens (including phenoxy) is 1. The number of nitrogens with one attached hydrogen (secondary N) is 1. The molecule has 0 saturated carbocycles. The average molecular weight is 175 g/mol. The van der Waals surface area contributed by atoms with Crippen LogP contribution in [-0.4, -0.2) is 37.4 Å². The van der Waals surface area contributed by atoms with Gasteiger partial charge in [-0.2, -0.15) is 0 Å². The SMILES string of the molecule is CCOCCC(=O)NCCCO. The Kier molecular flexibility index (Phi) is 8.05. The summed E-state index contributed by atoms with van der Waals surface area (Å²) >= 11 is 0. The summed E-state index contributed by atoms with van der Waals surface area (Å²) in [5.41, 5.74) is 0. The van der Waals surface area contributed by atoms with Crippen LogP contribution in [0.1, 0.15) is 19.8 Å². The molecule has 4 nitrogen and oxygen atoms in total. The fourth-order valence-corrected chi connectivity index (χ4v) is 0.704. The lowest BCUT2D eigenvalue weighted by atomic mass is 10.4. The summed E-state index contributed by atoms with van der Waals surface area (Å²) in [5, 5.41) is 11.1. The van der Waals surface area contributed by atoms with Gasteiger partial charge in [-0.25, -0.2) is 0 Å². The maximum Gasteiger partial charge on any atom is 0.222 e. The summed E-state index contributed by atoms with van der Waals surface area (Å²) < 4.78 is 5.00. The van der Waals surface area contributed by atoms with E-state index in [1.807, 2.05) is 6.92 Å². The fraction of sp³-hybridized carbons (Fsp3) is 0.875. The summed E-state index contributed by atoms with van der Waals surface area (Å²) in [5.74, 6) is -0.0168. The van der Waals surface area contributed by atoms with E-state index >= 15 is 0 Å². The Morgan fingerprint density at radius 3 is 2.92 bits per heavy atom. The van der Waals surface area contributed by atoms with Gasteiger partial charge in [-0.15, -0.1) is 0 Å². The summed E-state index contributed by atoms with van der Waals surface area (Å²) in [6, 6.07) is 0. The first-order chi connectivity index (χ1) is 5.81. The predicted octanol–water partition coefficient (Wildman–Crippen LogP) is -0.0884. The molecule has 0 rings (SSSR count). The van der Waals surface area contributed by atoms with Crippen molar-refractivity contribution in [2.45, 2.75) is 19.8 Å². The number of amides is 1. The van der Waals surface area contributed by atoms with Crippen LogP contribution in [0.5, 0.6) is 0 Å². The normalized spacial score (nSPS) is 9.83. The Labute approximate surface area is 72.9 Å². The van der Waals surface area contributed by atoms with Crippen LogP contribution in [0.2, 0.25) is 0 Å². The quantitative estimate of drug-likeness (QED) is 0.532. The largest absolute Gasteiger partial charge is 0.396 e. The molecule has 0 radical (unpaired) electrons. The van der Waals surface area contributed by atoms with E-state index in [-0.39, 0.29) is 12.5 Å². The first-order valence-electron chi connectivity index (χ1n) is 4.26. The van der Waals surface area contributed by atoms with Crippen LogP contribution in [0.15, 0.2) is 0 Å². The van der Waals surface area contributed by atoms with E-state index in [0.29, 0.717) is 32.6 Å². The standard InChI is InChI=1S/C8H17NO3/c1-2-12-7-4-8(11)9-5-3-6-10/h10H,2-7H2,1H3,(H,9,11). The molecule has 2 N–H and O–H groups in total. The molecular weight excluding hydrogens is 158 g/mol. The van der Waals surface area contributed by atoms with Gasteiger partial charge in [-0.1, -0.05) is 0 Å². The van der Waals surface area contributed by atoms with Gasteiger partial charge in [0, 0.05) is 26.2 Å². The maximum atomic E-state index is 10.9. The number of aliphatic hydroxyl groups excluding tert-OH is 1. The Morgan fingerprint density at radius 2 is 2.33 bits per heavy atom. The minimum absolute atomic E-state index is 0.0168. The van der Waals surface area contributed by atoms with Crippen molar-refractivity contribution in [1.29, 1.82) is 0 Å². The van der Waals surface area contributed by atoms with Crippen LogP contribution < -0.4 is 5.32 Å². The van der Waals surface area contributed by atoms with Gasteiger partial charge in [-0.3, -0.25) is 4.79 Å². The van der Waals surface area contributed by atoms with Gasteiger partial charge in [-0.05, 0) is 13.3 Å². The van der Waals surface area contributed by atoms with Crippen molar-refractivity contribution >= 4 is 5.91 Å². The van der Waals surface area contributed by atoms with E-state index in [1.54, 1.807) is 0 Å². The lowest BCUT2D eigenvalue weighted by molar-refractivity contribution is -0.122. The van der Waals surface area contributed by atoms with E-state index in [0.717, 1.165) is 0 Å². The van der Waals surface area contributed by atoms with Gasteiger partial charge in [0.05, 0.1) is 6.61 Å². The Hall–Kier alpha value is -0.610. The monoisotopic (exact) mass is 175 g/mol. The molecule has 0 atom stereocenters. The lowest BCUT2D eigenvalue weighted by Gasteiger charge is -2.03. The second-order valence-electron chi connectivity index (χ2n) is 2.37. The van der Waals surface area contributed by atoms with Crippen LogP contribution in [0, 0.1) is 0 Å². The minimum Gasteiger partial charge on any atom is -0.396 e. The number of carbonyl (C=O) groups is 1. The number of carbonyl (C=O) groups excluding carboxylic acids is 1. The van der Waals surface area contributed by atoms with Crippen molar-refractivity contribution in [3.63, 3.8) is 0 Å². The molecule has 0 aromatic rings. The molecule has 4 heteroatoms. The molecule has 1 amide bonds. The third-order valence-corrected chi connectivity index (χ3v) is 1.33. The Morgan fingerprint density at radius 1 is 1.58 bits per heavy atom. The first-order valence-corrected chi connectivity index (χ1v) is 4.26. The molecule has 0 heterocycles. The fourth-order valence-electron chi connectivity index (χ4n) is 0.704. The second kappa shape index (κ2) is 8.49. The Balaban J connectivity index is 3.10. The van der Waals surface area contributed by atoms with E-state index in [1.165, 1.54) is 0 Å². The van der Waals surface area contributed by atoms with Crippen molar-refractivity contribution in [2.75, 3.05) is 26.4 Å². The van der Waals surface area contributed by atoms with Crippen molar-refractivity contribution in [3.05, 3.63) is 0 Å². The number of hydrogen-bond donors (Lipinski definition) is 2. The van der Waals surface area contributed by atoms with Crippen molar-refractivity contribution < 1.29 is 14.6 Å². The summed E-state index contributed by atoms with van der Waals surface area (Å²) in [7, 11) is 0. The highest BCUT2D eigenvalue weighted by molar-refractivity contribution is 5.75. The van der Waals surface area contributed by atoms with Gasteiger partial charge >= 0.3 is 0 Å². The van der Waals surface area contributed by atoms with Crippen LogP contribution >= 0.6 is 0 Å². The number of aliphatic hydroxyl groups is 1. The smallest absolute Gasteiger partial charge is 0.222 e. The highest BCUT2D eigenvalue weighted by atomic mass is 16.5. The molecule has 0 bridgehead atoms. The highest BCUT2D eigenvalue weighted by Gasteiger charge is 1.98. The molecule has 0 unspecified atom stereocenters. The van der Waals surface area contributed by atoms with Gasteiger partial charge in [0.25, 0.3) is 0 Å².